The standard InChI is InChI=1S/C24H17BrClFN2O4/c1-32-21-11-14(9-18(25)22(21)33-13-15-5-2-3-8-19(15)27)10-20-23(30)29(24(31)28-20)17-7-4-6-16(26)12-17/h2-12H,13H2,1H3,(H,28,31)/b20-10+. The van der Waals surface area contributed by atoms with Gasteiger partial charge in [-0.25, -0.2) is 14.1 Å². The number of nitrogens with zero attached hydrogens (tertiary/aromatic N) is 1. The molecule has 3 amide bonds. The van der Waals surface area contributed by atoms with Crippen molar-refractivity contribution in [1.29, 1.82) is 0 Å². The van der Waals surface area contributed by atoms with E-state index in [4.69, 9.17) is 21.1 Å². The Morgan fingerprint density at radius 1 is 1.12 bits per heavy atom. The number of urea groups is 1. The second kappa shape index (κ2) is 9.64. The fraction of sp³-hybridized carbons (Fsp3) is 0.0833. The number of nitrogens with one attached hydrogen (secondary N) is 1. The van der Waals surface area contributed by atoms with Crippen molar-refractivity contribution in [2.45, 2.75) is 6.61 Å². The third-order valence-electron chi connectivity index (χ3n) is 4.84. The number of imide groups is 1. The molecule has 6 nitrogen and oxygen atoms in total. The first kappa shape index (κ1) is 22.8. The molecule has 168 valence electrons. The Labute approximate surface area is 202 Å². The van der Waals surface area contributed by atoms with Gasteiger partial charge < -0.3 is 14.8 Å². The molecular weight excluding hydrogens is 515 g/mol. The predicted octanol–water partition coefficient (Wildman–Crippen LogP) is 5.93. The maximum Gasteiger partial charge on any atom is 0.333 e. The molecule has 1 aliphatic heterocycles. The van der Waals surface area contributed by atoms with E-state index in [9.17, 15) is 14.0 Å². The summed E-state index contributed by atoms with van der Waals surface area (Å²) >= 11 is 9.43. The van der Waals surface area contributed by atoms with Crippen LogP contribution in [-0.2, 0) is 11.4 Å². The van der Waals surface area contributed by atoms with Crippen LogP contribution >= 0.6 is 27.5 Å². The molecule has 1 heterocycles. The van der Waals surface area contributed by atoms with Gasteiger partial charge in [-0.15, -0.1) is 0 Å². The number of rotatable bonds is 6. The molecule has 0 bridgehead atoms. The number of hydrogen-bond acceptors (Lipinski definition) is 4. The molecule has 1 saturated heterocycles. The SMILES string of the molecule is COc1cc(/C=C2/NC(=O)N(c3cccc(Cl)c3)C2=O)cc(Br)c1OCc1ccccc1F. The lowest BCUT2D eigenvalue weighted by Crippen LogP contribution is -2.30. The minimum atomic E-state index is -0.579. The largest absolute Gasteiger partial charge is 0.493 e. The molecule has 3 aromatic carbocycles. The Morgan fingerprint density at radius 3 is 2.64 bits per heavy atom. The van der Waals surface area contributed by atoms with Crippen LogP contribution in [0.5, 0.6) is 11.5 Å². The van der Waals surface area contributed by atoms with Crippen molar-refractivity contribution in [2.24, 2.45) is 0 Å². The smallest absolute Gasteiger partial charge is 0.333 e. The van der Waals surface area contributed by atoms with Crippen molar-refractivity contribution >= 4 is 51.2 Å². The number of methoxy groups -OCH3 is 1. The van der Waals surface area contributed by atoms with Gasteiger partial charge in [-0.05, 0) is 64.0 Å². The van der Waals surface area contributed by atoms with Gasteiger partial charge in [0.05, 0.1) is 17.3 Å². The fourth-order valence-electron chi connectivity index (χ4n) is 3.28. The van der Waals surface area contributed by atoms with E-state index < -0.39 is 11.9 Å². The van der Waals surface area contributed by atoms with E-state index in [0.29, 0.717) is 37.8 Å². The number of anilines is 1. The van der Waals surface area contributed by atoms with Crippen molar-refractivity contribution in [3.63, 3.8) is 0 Å². The molecule has 33 heavy (non-hydrogen) atoms. The third-order valence-corrected chi connectivity index (χ3v) is 5.66. The monoisotopic (exact) mass is 530 g/mol. The summed E-state index contributed by atoms with van der Waals surface area (Å²) in [5, 5.41) is 2.98. The number of carbonyl (C=O) groups excluding carboxylic acids is 2. The maximum absolute atomic E-state index is 13.9. The quantitative estimate of drug-likeness (QED) is 0.316. The van der Waals surface area contributed by atoms with E-state index in [0.717, 1.165) is 4.90 Å². The Hall–Kier alpha value is -3.36. The number of benzene rings is 3. The van der Waals surface area contributed by atoms with E-state index >= 15 is 0 Å². The summed E-state index contributed by atoms with van der Waals surface area (Å²) in [4.78, 5) is 26.3. The van der Waals surface area contributed by atoms with Gasteiger partial charge in [-0.1, -0.05) is 35.9 Å². The molecule has 4 rings (SSSR count). The highest BCUT2D eigenvalue weighted by atomic mass is 79.9. The molecule has 0 aromatic heterocycles. The normalized spacial score (nSPS) is 14.5. The van der Waals surface area contributed by atoms with Crippen LogP contribution in [-0.4, -0.2) is 19.0 Å². The average molecular weight is 532 g/mol. The molecule has 0 spiro atoms. The molecule has 1 aliphatic rings. The molecule has 1 N–H and O–H groups in total. The highest BCUT2D eigenvalue weighted by Crippen LogP contribution is 2.38. The van der Waals surface area contributed by atoms with Gasteiger partial charge in [0, 0.05) is 10.6 Å². The van der Waals surface area contributed by atoms with Crippen LogP contribution in [0.3, 0.4) is 0 Å². The highest BCUT2D eigenvalue weighted by Gasteiger charge is 2.35. The Bertz CT molecular complexity index is 1280. The van der Waals surface area contributed by atoms with E-state index in [1.807, 2.05) is 0 Å². The third kappa shape index (κ3) is 4.86. The van der Waals surface area contributed by atoms with Crippen LogP contribution in [0.25, 0.3) is 6.08 Å². The van der Waals surface area contributed by atoms with Gasteiger partial charge in [-0.2, -0.15) is 0 Å². The zero-order valence-corrected chi connectivity index (χ0v) is 19.6. The van der Waals surface area contributed by atoms with Crippen molar-refractivity contribution in [2.75, 3.05) is 12.0 Å². The molecular formula is C24H17BrClFN2O4. The van der Waals surface area contributed by atoms with Crippen LogP contribution in [0, 0.1) is 5.82 Å². The first-order valence-electron chi connectivity index (χ1n) is 9.74. The zero-order valence-electron chi connectivity index (χ0n) is 17.3. The van der Waals surface area contributed by atoms with Gasteiger partial charge in [0.25, 0.3) is 5.91 Å². The van der Waals surface area contributed by atoms with Crippen LogP contribution in [0.2, 0.25) is 5.02 Å². The van der Waals surface area contributed by atoms with Gasteiger partial charge in [0.15, 0.2) is 11.5 Å². The first-order valence-corrected chi connectivity index (χ1v) is 10.9. The van der Waals surface area contributed by atoms with Crippen molar-refractivity contribution in [1.82, 2.24) is 5.32 Å². The van der Waals surface area contributed by atoms with Crippen LogP contribution in [0.1, 0.15) is 11.1 Å². The molecule has 0 aliphatic carbocycles. The fourth-order valence-corrected chi connectivity index (χ4v) is 4.04. The zero-order chi connectivity index (χ0) is 23.5. The summed E-state index contributed by atoms with van der Waals surface area (Å²) in [7, 11) is 1.47. The van der Waals surface area contributed by atoms with Crippen molar-refractivity contribution in [3.05, 3.63) is 92.8 Å². The maximum atomic E-state index is 13.9. The average Bonchev–Trinajstić information content (AvgIpc) is 3.06. The van der Waals surface area contributed by atoms with Crippen molar-refractivity contribution < 1.29 is 23.5 Å². The summed E-state index contributed by atoms with van der Waals surface area (Å²) in [6, 6.07) is 15.6. The lowest BCUT2D eigenvalue weighted by atomic mass is 10.1. The summed E-state index contributed by atoms with van der Waals surface area (Å²) in [5.74, 6) is -0.132. The van der Waals surface area contributed by atoms with E-state index in [1.165, 1.54) is 25.3 Å². The number of carbonyl (C=O) groups is 2. The second-order valence-corrected chi connectivity index (χ2v) is 8.31. The summed E-state index contributed by atoms with van der Waals surface area (Å²) in [6.07, 6.45) is 1.53. The number of hydrogen-bond donors (Lipinski definition) is 1. The van der Waals surface area contributed by atoms with Crippen LogP contribution in [0.15, 0.2) is 70.8 Å². The van der Waals surface area contributed by atoms with Gasteiger partial charge in [-0.3, -0.25) is 4.79 Å². The van der Waals surface area contributed by atoms with Gasteiger partial charge in [0.1, 0.15) is 18.1 Å². The summed E-state index contributed by atoms with van der Waals surface area (Å²) in [6.45, 7) is 0.00517. The van der Waals surface area contributed by atoms with Gasteiger partial charge in [0.2, 0.25) is 0 Å². The summed E-state index contributed by atoms with van der Waals surface area (Å²) < 4.78 is 25.6. The molecule has 0 saturated carbocycles. The topological polar surface area (TPSA) is 67.9 Å². The van der Waals surface area contributed by atoms with Crippen LogP contribution < -0.4 is 19.7 Å². The van der Waals surface area contributed by atoms with E-state index in [-0.39, 0.29) is 18.1 Å². The van der Waals surface area contributed by atoms with E-state index in [1.54, 1.807) is 48.5 Å². The molecule has 0 atom stereocenters. The molecule has 1 fully saturated rings. The Kier molecular flexibility index (Phi) is 6.67. The number of ether oxygens (including phenoxy) is 2. The molecule has 9 heteroatoms. The molecule has 3 aromatic rings. The van der Waals surface area contributed by atoms with Gasteiger partial charge >= 0.3 is 6.03 Å². The molecule has 0 radical (unpaired) electrons. The van der Waals surface area contributed by atoms with Crippen molar-refractivity contribution in [3.8, 4) is 11.5 Å². The lowest BCUT2D eigenvalue weighted by molar-refractivity contribution is -0.113. The Balaban J connectivity index is 1.59. The number of halogens is 3. The minimum Gasteiger partial charge on any atom is -0.493 e. The molecule has 0 unspecified atom stereocenters. The second-order valence-electron chi connectivity index (χ2n) is 7.02. The first-order chi connectivity index (χ1) is 15.9. The lowest BCUT2D eigenvalue weighted by Gasteiger charge is -2.14. The Morgan fingerprint density at radius 2 is 1.91 bits per heavy atom. The predicted molar refractivity (Wildman–Crippen MR) is 127 cm³/mol. The van der Waals surface area contributed by atoms with Crippen LogP contribution in [0.4, 0.5) is 14.9 Å². The van der Waals surface area contributed by atoms with E-state index in [2.05, 4.69) is 21.2 Å². The minimum absolute atomic E-state index is 0.00517. The highest BCUT2D eigenvalue weighted by molar-refractivity contribution is 9.10. The number of amides is 3. The summed E-state index contributed by atoms with van der Waals surface area (Å²) in [5.41, 5.74) is 1.43.